The van der Waals surface area contributed by atoms with Crippen LogP contribution in [0.15, 0.2) is 66.7 Å². The molecule has 0 bridgehead atoms. The number of carbonyl (C=O) groups excluding carboxylic acids is 2. The van der Waals surface area contributed by atoms with Gasteiger partial charge in [-0.25, -0.2) is 4.39 Å². The van der Waals surface area contributed by atoms with Gasteiger partial charge in [0.25, 0.3) is 5.91 Å². The fourth-order valence-electron chi connectivity index (χ4n) is 3.67. The molecule has 0 saturated carbocycles. The molecule has 3 aromatic rings. The summed E-state index contributed by atoms with van der Waals surface area (Å²) in [5.74, 6) is 1.11. The van der Waals surface area contributed by atoms with Crippen LogP contribution in [0.1, 0.15) is 32.4 Å². The molecule has 4 nitrogen and oxygen atoms in total. The summed E-state index contributed by atoms with van der Waals surface area (Å²) in [5, 5.41) is 3.86. The van der Waals surface area contributed by atoms with Crippen molar-refractivity contribution in [1.29, 1.82) is 0 Å². The number of hydrogen-bond donors (Lipinski definition) is 1. The zero-order valence-corrected chi connectivity index (χ0v) is 21.8. The van der Waals surface area contributed by atoms with Crippen molar-refractivity contribution in [3.63, 3.8) is 0 Å². The number of nitrogens with zero attached hydrogens (tertiary/aromatic N) is 1. The van der Waals surface area contributed by atoms with Gasteiger partial charge in [0.2, 0.25) is 5.91 Å². The maximum atomic E-state index is 13.8. The van der Waals surface area contributed by atoms with E-state index in [4.69, 9.17) is 23.2 Å². The maximum Gasteiger partial charge on any atom is 0.251 e. The zero-order valence-electron chi connectivity index (χ0n) is 18.7. The number of hydrogen-bond acceptors (Lipinski definition) is 4. The summed E-state index contributed by atoms with van der Waals surface area (Å²) in [6.45, 7) is 0.963. The second-order valence-electron chi connectivity index (χ2n) is 7.94. The number of rotatable bonds is 9. The van der Waals surface area contributed by atoms with Gasteiger partial charge in [-0.2, -0.15) is 11.8 Å². The molecule has 3 aromatic carbocycles. The van der Waals surface area contributed by atoms with Crippen LogP contribution >= 0.6 is 46.7 Å². The third-order valence-corrected chi connectivity index (χ3v) is 8.38. The lowest BCUT2D eigenvalue weighted by molar-refractivity contribution is -0.128. The van der Waals surface area contributed by atoms with Crippen molar-refractivity contribution in [2.75, 3.05) is 18.1 Å². The molecule has 2 amide bonds. The monoisotopic (exact) mass is 548 g/mol. The van der Waals surface area contributed by atoms with Gasteiger partial charge in [-0.15, -0.1) is 11.8 Å². The standard InChI is InChI=1S/C26H23Cl2FN2O2S2/c27-20-10-4-17(5-11-20)14-31-24(32)16-35-26(31)19-8-6-18(7-9-19)25(33)30-12-13-34-15-21-22(28)2-1-3-23(21)29/h1-11,26H,12-16H2,(H,30,33)/t26-/m1/s1. The largest absolute Gasteiger partial charge is 0.351 e. The Labute approximate surface area is 222 Å². The Balaban J connectivity index is 1.28. The van der Waals surface area contributed by atoms with Crippen LogP contribution in [0.25, 0.3) is 0 Å². The minimum atomic E-state index is -0.317. The molecule has 0 unspecified atom stereocenters. The quantitative estimate of drug-likeness (QED) is 0.307. The lowest BCUT2D eigenvalue weighted by Gasteiger charge is -2.24. The average molecular weight is 550 g/mol. The molecule has 1 heterocycles. The minimum absolute atomic E-state index is 0.0888. The molecule has 1 aliphatic rings. The minimum Gasteiger partial charge on any atom is -0.351 e. The summed E-state index contributed by atoms with van der Waals surface area (Å²) in [6.07, 6.45) is 0. The number of amides is 2. The highest BCUT2D eigenvalue weighted by Gasteiger charge is 2.32. The van der Waals surface area contributed by atoms with Gasteiger partial charge in [-0.1, -0.05) is 53.5 Å². The Kier molecular flexibility index (Phi) is 9.00. The molecule has 35 heavy (non-hydrogen) atoms. The van der Waals surface area contributed by atoms with Crippen LogP contribution in [0, 0.1) is 5.82 Å². The van der Waals surface area contributed by atoms with Gasteiger partial charge >= 0.3 is 0 Å². The Bertz CT molecular complexity index is 1170. The summed E-state index contributed by atoms with van der Waals surface area (Å²) in [6, 6.07) is 19.5. The van der Waals surface area contributed by atoms with Gasteiger partial charge in [0, 0.05) is 45.8 Å². The first-order valence-electron chi connectivity index (χ1n) is 11.0. The predicted octanol–water partition coefficient (Wildman–Crippen LogP) is 6.57. The number of nitrogens with one attached hydrogen (secondary N) is 1. The molecule has 9 heteroatoms. The molecule has 4 rings (SSSR count). The van der Waals surface area contributed by atoms with Crippen molar-refractivity contribution in [2.24, 2.45) is 0 Å². The predicted molar refractivity (Wildman–Crippen MR) is 144 cm³/mol. The van der Waals surface area contributed by atoms with E-state index < -0.39 is 0 Å². The zero-order chi connectivity index (χ0) is 24.8. The summed E-state index contributed by atoms with van der Waals surface area (Å²) < 4.78 is 13.8. The second-order valence-corrected chi connectivity index (χ2v) is 11.0. The molecule has 0 aromatic heterocycles. The van der Waals surface area contributed by atoms with Crippen molar-refractivity contribution in [1.82, 2.24) is 10.2 Å². The molecule has 1 saturated heterocycles. The van der Waals surface area contributed by atoms with E-state index in [-0.39, 0.29) is 23.0 Å². The molecule has 182 valence electrons. The van der Waals surface area contributed by atoms with Gasteiger partial charge < -0.3 is 10.2 Å². The van der Waals surface area contributed by atoms with Crippen molar-refractivity contribution < 1.29 is 14.0 Å². The van der Waals surface area contributed by atoms with Gasteiger partial charge in [-0.3, -0.25) is 9.59 Å². The molecule has 1 aliphatic heterocycles. The fourth-order valence-corrected chi connectivity index (χ4v) is 6.18. The third-order valence-electron chi connectivity index (χ3n) is 5.53. The van der Waals surface area contributed by atoms with Gasteiger partial charge in [0.1, 0.15) is 11.2 Å². The lowest BCUT2D eigenvalue weighted by Crippen LogP contribution is -2.28. The fraction of sp³-hybridized carbons (Fsp3) is 0.231. The molecule has 0 radical (unpaired) electrons. The first kappa shape index (κ1) is 25.9. The first-order valence-corrected chi connectivity index (χ1v) is 13.9. The number of benzene rings is 3. The molecule has 0 spiro atoms. The summed E-state index contributed by atoms with van der Waals surface area (Å²) >= 11 is 15.1. The van der Waals surface area contributed by atoms with Crippen molar-refractivity contribution in [3.05, 3.63) is 105 Å². The van der Waals surface area contributed by atoms with Crippen LogP contribution in [-0.4, -0.2) is 34.8 Å². The van der Waals surface area contributed by atoms with Gasteiger partial charge in [0.15, 0.2) is 0 Å². The number of thioether (sulfide) groups is 2. The lowest BCUT2D eigenvalue weighted by atomic mass is 10.1. The van der Waals surface area contributed by atoms with E-state index in [1.165, 1.54) is 17.8 Å². The van der Waals surface area contributed by atoms with E-state index in [0.29, 0.717) is 51.5 Å². The first-order chi connectivity index (χ1) is 16.9. The van der Waals surface area contributed by atoms with Gasteiger partial charge in [-0.05, 0) is 47.5 Å². The molecule has 1 atom stereocenters. The van der Waals surface area contributed by atoms with Crippen LogP contribution < -0.4 is 5.32 Å². The second kappa shape index (κ2) is 12.2. The molecular formula is C26H23Cl2FN2O2S2. The Hall–Kier alpha value is -2.19. The van der Waals surface area contributed by atoms with E-state index in [1.807, 2.05) is 41.3 Å². The average Bonchev–Trinajstić information content (AvgIpc) is 3.21. The van der Waals surface area contributed by atoms with E-state index >= 15 is 0 Å². The SMILES string of the molecule is O=C(NCCSCc1c(F)cccc1Cl)c1ccc([C@H]2SCC(=O)N2Cc2ccc(Cl)cc2)cc1. The van der Waals surface area contributed by atoms with E-state index in [0.717, 1.165) is 11.1 Å². The maximum absolute atomic E-state index is 13.8. The third kappa shape index (κ3) is 6.73. The summed E-state index contributed by atoms with van der Waals surface area (Å²) in [5.41, 5.74) is 3.02. The molecule has 1 fully saturated rings. The summed E-state index contributed by atoms with van der Waals surface area (Å²) in [4.78, 5) is 26.9. The van der Waals surface area contributed by atoms with E-state index in [9.17, 15) is 14.0 Å². The van der Waals surface area contributed by atoms with Crippen LogP contribution in [-0.2, 0) is 17.1 Å². The summed E-state index contributed by atoms with van der Waals surface area (Å²) in [7, 11) is 0. The molecule has 0 aliphatic carbocycles. The van der Waals surface area contributed by atoms with Crippen molar-refractivity contribution in [2.45, 2.75) is 17.7 Å². The van der Waals surface area contributed by atoms with E-state index in [1.54, 1.807) is 36.0 Å². The van der Waals surface area contributed by atoms with Crippen molar-refractivity contribution in [3.8, 4) is 0 Å². The Morgan fingerprint density at radius 3 is 2.54 bits per heavy atom. The Morgan fingerprint density at radius 1 is 1.09 bits per heavy atom. The van der Waals surface area contributed by atoms with Crippen LogP contribution in [0.3, 0.4) is 0 Å². The van der Waals surface area contributed by atoms with Crippen LogP contribution in [0.5, 0.6) is 0 Å². The topological polar surface area (TPSA) is 49.4 Å². The molecule has 1 N–H and O–H groups in total. The van der Waals surface area contributed by atoms with E-state index in [2.05, 4.69) is 5.32 Å². The molecular weight excluding hydrogens is 526 g/mol. The van der Waals surface area contributed by atoms with Gasteiger partial charge in [0.05, 0.1) is 5.75 Å². The normalized spacial score (nSPS) is 15.5. The smallest absolute Gasteiger partial charge is 0.251 e. The Morgan fingerprint density at radius 2 is 1.83 bits per heavy atom. The highest BCUT2D eigenvalue weighted by molar-refractivity contribution is 8.00. The highest BCUT2D eigenvalue weighted by Crippen LogP contribution is 2.39. The van der Waals surface area contributed by atoms with Crippen LogP contribution in [0.4, 0.5) is 4.39 Å². The van der Waals surface area contributed by atoms with Crippen molar-refractivity contribution >= 4 is 58.5 Å². The number of carbonyl (C=O) groups is 2. The number of halogens is 3. The van der Waals surface area contributed by atoms with Crippen LogP contribution in [0.2, 0.25) is 10.0 Å². The highest BCUT2D eigenvalue weighted by atomic mass is 35.5.